The summed E-state index contributed by atoms with van der Waals surface area (Å²) in [5.74, 6) is 0.385. The molecule has 3 heterocycles. The third kappa shape index (κ3) is 2.30. The summed E-state index contributed by atoms with van der Waals surface area (Å²) in [4.78, 5) is 12.2. The van der Waals surface area contributed by atoms with Crippen LogP contribution in [-0.4, -0.2) is 21.4 Å². The fraction of sp³-hybridized carbons (Fsp3) is 0.333. The number of thiophene rings is 1. The van der Waals surface area contributed by atoms with Crippen LogP contribution in [0.15, 0.2) is 23.7 Å². The molecule has 5 heteroatoms. The Morgan fingerprint density at radius 3 is 3.24 bits per heavy atom. The summed E-state index contributed by atoms with van der Waals surface area (Å²) >= 11 is 1.81. The van der Waals surface area contributed by atoms with E-state index in [4.69, 9.17) is 5.73 Å². The van der Waals surface area contributed by atoms with Crippen LogP contribution in [0.25, 0.3) is 0 Å². The minimum Gasteiger partial charge on any atom is -0.368 e. The maximum absolute atomic E-state index is 5.59. The lowest BCUT2D eigenvalue weighted by molar-refractivity contribution is 0.245. The Labute approximate surface area is 104 Å². The van der Waals surface area contributed by atoms with Crippen molar-refractivity contribution in [2.24, 2.45) is 0 Å². The highest BCUT2D eigenvalue weighted by atomic mass is 32.1. The van der Waals surface area contributed by atoms with Crippen molar-refractivity contribution in [3.63, 3.8) is 0 Å². The van der Waals surface area contributed by atoms with Gasteiger partial charge < -0.3 is 5.73 Å². The van der Waals surface area contributed by atoms with Crippen LogP contribution in [0.5, 0.6) is 0 Å². The van der Waals surface area contributed by atoms with Crippen molar-refractivity contribution in [1.29, 1.82) is 0 Å². The van der Waals surface area contributed by atoms with E-state index >= 15 is 0 Å². The Kier molecular flexibility index (Phi) is 2.78. The van der Waals surface area contributed by atoms with E-state index < -0.39 is 0 Å². The van der Waals surface area contributed by atoms with Crippen LogP contribution >= 0.6 is 11.3 Å². The van der Waals surface area contributed by atoms with Gasteiger partial charge in [0, 0.05) is 42.7 Å². The maximum atomic E-state index is 5.59. The normalized spacial score (nSPS) is 15.8. The molecule has 0 unspecified atom stereocenters. The number of nitrogen functional groups attached to an aromatic ring is 1. The van der Waals surface area contributed by atoms with Gasteiger partial charge in [0.05, 0.1) is 5.69 Å². The molecule has 0 atom stereocenters. The lowest BCUT2D eigenvalue weighted by Gasteiger charge is -2.27. The first-order valence-electron chi connectivity index (χ1n) is 5.66. The second kappa shape index (κ2) is 4.43. The van der Waals surface area contributed by atoms with Crippen LogP contribution in [-0.2, 0) is 19.5 Å². The lowest BCUT2D eigenvalue weighted by Crippen LogP contribution is -2.30. The first-order valence-corrected chi connectivity index (χ1v) is 6.54. The maximum Gasteiger partial charge on any atom is 0.220 e. The minimum atomic E-state index is 0.385. The van der Waals surface area contributed by atoms with E-state index in [1.165, 1.54) is 10.4 Å². The second-order valence-corrected chi connectivity index (χ2v) is 5.27. The van der Waals surface area contributed by atoms with Gasteiger partial charge in [-0.3, -0.25) is 4.90 Å². The third-order valence-corrected chi connectivity index (χ3v) is 3.85. The zero-order valence-electron chi connectivity index (χ0n) is 9.47. The molecular weight excluding hydrogens is 232 g/mol. The highest BCUT2D eigenvalue weighted by Gasteiger charge is 2.18. The Hall–Kier alpha value is -1.46. The van der Waals surface area contributed by atoms with E-state index in [9.17, 15) is 0 Å². The minimum absolute atomic E-state index is 0.385. The van der Waals surface area contributed by atoms with E-state index in [1.807, 2.05) is 17.5 Å². The highest BCUT2D eigenvalue weighted by Crippen LogP contribution is 2.20. The number of aromatic nitrogens is 2. The molecule has 0 saturated heterocycles. The van der Waals surface area contributed by atoms with Gasteiger partial charge >= 0.3 is 0 Å². The summed E-state index contributed by atoms with van der Waals surface area (Å²) in [6.45, 7) is 2.98. The van der Waals surface area contributed by atoms with Crippen LogP contribution < -0.4 is 5.73 Å². The van der Waals surface area contributed by atoms with Gasteiger partial charge in [-0.05, 0) is 11.4 Å². The molecule has 2 aromatic heterocycles. The zero-order valence-corrected chi connectivity index (χ0v) is 10.3. The van der Waals surface area contributed by atoms with Crippen LogP contribution in [0.1, 0.15) is 16.1 Å². The van der Waals surface area contributed by atoms with Gasteiger partial charge in [0.1, 0.15) is 0 Å². The summed E-state index contributed by atoms with van der Waals surface area (Å²) in [5.41, 5.74) is 7.91. The summed E-state index contributed by atoms with van der Waals surface area (Å²) in [6.07, 6.45) is 2.83. The van der Waals surface area contributed by atoms with Gasteiger partial charge in [0.25, 0.3) is 0 Å². The Morgan fingerprint density at radius 1 is 1.47 bits per heavy atom. The summed E-state index contributed by atoms with van der Waals surface area (Å²) in [5, 5.41) is 2.12. The molecule has 0 aliphatic carbocycles. The largest absolute Gasteiger partial charge is 0.368 e. The van der Waals surface area contributed by atoms with Gasteiger partial charge in [-0.2, -0.15) is 0 Å². The first kappa shape index (κ1) is 10.7. The Bertz CT molecular complexity index is 509. The zero-order chi connectivity index (χ0) is 11.7. The number of hydrogen-bond acceptors (Lipinski definition) is 5. The smallest absolute Gasteiger partial charge is 0.220 e. The Morgan fingerprint density at radius 2 is 2.41 bits per heavy atom. The lowest BCUT2D eigenvalue weighted by atomic mass is 10.1. The van der Waals surface area contributed by atoms with Crippen molar-refractivity contribution in [2.45, 2.75) is 19.5 Å². The van der Waals surface area contributed by atoms with Crippen molar-refractivity contribution in [3.8, 4) is 0 Å². The number of fused-ring (bicyclic) bond motifs is 1. The van der Waals surface area contributed by atoms with Crippen LogP contribution in [0.3, 0.4) is 0 Å². The van der Waals surface area contributed by atoms with Crippen LogP contribution in [0, 0.1) is 0 Å². The molecule has 0 fully saturated rings. The predicted octanol–water partition coefficient (Wildman–Crippen LogP) is 1.68. The molecule has 88 valence electrons. The number of hydrogen-bond donors (Lipinski definition) is 1. The molecule has 4 nitrogen and oxygen atoms in total. The molecule has 2 N–H and O–H groups in total. The molecular formula is C12H14N4S. The molecule has 0 radical (unpaired) electrons. The van der Waals surface area contributed by atoms with E-state index in [2.05, 4.69) is 32.4 Å². The van der Waals surface area contributed by atoms with E-state index in [0.29, 0.717) is 5.95 Å². The summed E-state index contributed by atoms with van der Waals surface area (Å²) < 4.78 is 0. The van der Waals surface area contributed by atoms with Gasteiger partial charge in [-0.15, -0.1) is 11.3 Å². The fourth-order valence-electron chi connectivity index (χ4n) is 2.15. The van der Waals surface area contributed by atoms with E-state index in [0.717, 1.165) is 31.7 Å². The average Bonchev–Trinajstić information content (AvgIpc) is 2.82. The molecule has 0 aromatic carbocycles. The topological polar surface area (TPSA) is 55.0 Å². The van der Waals surface area contributed by atoms with Gasteiger partial charge in [-0.1, -0.05) is 6.07 Å². The van der Waals surface area contributed by atoms with E-state index in [1.54, 1.807) is 0 Å². The van der Waals surface area contributed by atoms with Crippen LogP contribution in [0.4, 0.5) is 5.95 Å². The van der Waals surface area contributed by atoms with Crippen LogP contribution in [0.2, 0.25) is 0 Å². The molecule has 1 aliphatic rings. The quantitative estimate of drug-likeness (QED) is 0.876. The standard InChI is InChI=1S/C12H14N4S/c13-12-14-6-9-7-16(4-3-11(9)15-12)8-10-2-1-5-17-10/h1-2,5-6H,3-4,7-8H2,(H2,13,14,15). The number of rotatable bonds is 2. The third-order valence-electron chi connectivity index (χ3n) is 2.99. The molecule has 0 amide bonds. The fourth-order valence-corrected chi connectivity index (χ4v) is 2.89. The molecule has 0 spiro atoms. The van der Waals surface area contributed by atoms with Crippen molar-refractivity contribution in [2.75, 3.05) is 12.3 Å². The second-order valence-electron chi connectivity index (χ2n) is 4.24. The van der Waals surface area contributed by atoms with Gasteiger partial charge in [0.2, 0.25) is 5.95 Å². The van der Waals surface area contributed by atoms with Crippen molar-refractivity contribution >= 4 is 17.3 Å². The number of nitrogens with two attached hydrogens (primary N) is 1. The molecule has 17 heavy (non-hydrogen) atoms. The van der Waals surface area contributed by atoms with Gasteiger partial charge in [-0.25, -0.2) is 9.97 Å². The molecule has 3 rings (SSSR count). The van der Waals surface area contributed by atoms with Gasteiger partial charge in [0.15, 0.2) is 0 Å². The first-order chi connectivity index (χ1) is 8.31. The molecule has 2 aromatic rings. The average molecular weight is 246 g/mol. The van der Waals surface area contributed by atoms with E-state index in [-0.39, 0.29) is 0 Å². The van der Waals surface area contributed by atoms with Crippen molar-refractivity contribution in [1.82, 2.24) is 14.9 Å². The molecule has 0 bridgehead atoms. The number of nitrogens with zero attached hydrogens (tertiary/aromatic N) is 3. The van der Waals surface area contributed by atoms with Crippen molar-refractivity contribution in [3.05, 3.63) is 39.8 Å². The highest BCUT2D eigenvalue weighted by molar-refractivity contribution is 7.09. The monoisotopic (exact) mass is 246 g/mol. The molecule has 0 saturated carbocycles. The molecule has 1 aliphatic heterocycles. The Balaban J connectivity index is 1.74. The number of anilines is 1. The summed E-state index contributed by atoms with van der Waals surface area (Å²) in [6, 6.07) is 4.28. The summed E-state index contributed by atoms with van der Waals surface area (Å²) in [7, 11) is 0. The van der Waals surface area contributed by atoms with Crippen molar-refractivity contribution < 1.29 is 0 Å². The SMILES string of the molecule is Nc1ncc2c(n1)CCN(Cc1cccs1)C2. The predicted molar refractivity (Wildman–Crippen MR) is 68.6 cm³/mol.